The predicted octanol–water partition coefficient (Wildman–Crippen LogP) is 4.06. The SMILES string of the molecule is Cc1cccc(N2CCN([C@H]3CC(=O)N(c4cccc(Cl)c4Cl)C3=O)CC2)c1C. The molecular weight excluding hydrogens is 409 g/mol. The van der Waals surface area contributed by atoms with Crippen molar-refractivity contribution in [2.24, 2.45) is 0 Å². The zero-order chi connectivity index (χ0) is 20.7. The summed E-state index contributed by atoms with van der Waals surface area (Å²) < 4.78 is 0. The van der Waals surface area contributed by atoms with E-state index in [1.807, 2.05) is 0 Å². The first-order valence-corrected chi connectivity index (χ1v) is 10.5. The van der Waals surface area contributed by atoms with Crippen LogP contribution in [0.2, 0.25) is 10.0 Å². The number of carbonyl (C=O) groups is 2. The van der Waals surface area contributed by atoms with Gasteiger partial charge in [-0.05, 0) is 43.2 Å². The molecule has 2 aromatic rings. The van der Waals surface area contributed by atoms with E-state index in [1.165, 1.54) is 21.7 Å². The highest BCUT2D eigenvalue weighted by molar-refractivity contribution is 6.44. The quantitative estimate of drug-likeness (QED) is 0.687. The van der Waals surface area contributed by atoms with Gasteiger partial charge in [-0.25, -0.2) is 4.90 Å². The first-order chi connectivity index (χ1) is 13.9. The fourth-order valence-electron chi connectivity index (χ4n) is 4.17. The molecule has 1 atom stereocenters. The van der Waals surface area contributed by atoms with Gasteiger partial charge in [-0.2, -0.15) is 0 Å². The number of imide groups is 1. The third kappa shape index (κ3) is 3.63. The first kappa shape index (κ1) is 20.2. The van der Waals surface area contributed by atoms with Crippen molar-refractivity contribution in [1.29, 1.82) is 0 Å². The molecule has 152 valence electrons. The van der Waals surface area contributed by atoms with E-state index in [0.717, 1.165) is 26.2 Å². The number of hydrogen-bond acceptors (Lipinski definition) is 4. The summed E-state index contributed by atoms with van der Waals surface area (Å²) in [6.07, 6.45) is 0.172. The van der Waals surface area contributed by atoms with E-state index in [9.17, 15) is 9.59 Å². The molecule has 0 spiro atoms. The largest absolute Gasteiger partial charge is 0.369 e. The van der Waals surface area contributed by atoms with Gasteiger partial charge in [0.15, 0.2) is 0 Å². The van der Waals surface area contributed by atoms with Crippen LogP contribution in [0, 0.1) is 13.8 Å². The molecule has 0 radical (unpaired) electrons. The number of amides is 2. The van der Waals surface area contributed by atoms with Crippen molar-refractivity contribution in [2.45, 2.75) is 26.3 Å². The molecule has 2 amide bonds. The van der Waals surface area contributed by atoms with Crippen molar-refractivity contribution >= 4 is 46.4 Å². The zero-order valence-corrected chi connectivity index (χ0v) is 18.0. The predicted molar refractivity (Wildman–Crippen MR) is 117 cm³/mol. The number of hydrogen-bond donors (Lipinski definition) is 0. The van der Waals surface area contributed by atoms with Gasteiger partial charge in [-0.1, -0.05) is 41.4 Å². The highest BCUT2D eigenvalue weighted by Gasteiger charge is 2.44. The lowest BCUT2D eigenvalue weighted by Gasteiger charge is -2.39. The Morgan fingerprint density at radius 3 is 2.28 bits per heavy atom. The minimum atomic E-state index is -0.446. The Morgan fingerprint density at radius 1 is 0.897 bits per heavy atom. The average Bonchev–Trinajstić information content (AvgIpc) is 3.01. The van der Waals surface area contributed by atoms with Gasteiger partial charge in [0.25, 0.3) is 5.91 Å². The lowest BCUT2D eigenvalue weighted by Crippen LogP contribution is -2.52. The van der Waals surface area contributed by atoms with Gasteiger partial charge in [-0.3, -0.25) is 14.5 Å². The average molecular weight is 432 g/mol. The molecule has 0 unspecified atom stereocenters. The second-order valence-electron chi connectivity index (χ2n) is 7.60. The van der Waals surface area contributed by atoms with E-state index in [4.69, 9.17) is 23.2 Å². The van der Waals surface area contributed by atoms with Crippen molar-refractivity contribution < 1.29 is 9.59 Å². The number of anilines is 2. The topological polar surface area (TPSA) is 43.9 Å². The van der Waals surface area contributed by atoms with Crippen LogP contribution in [0.1, 0.15) is 17.5 Å². The zero-order valence-electron chi connectivity index (χ0n) is 16.5. The molecule has 0 bridgehead atoms. The molecular formula is C22H23Cl2N3O2. The van der Waals surface area contributed by atoms with Crippen LogP contribution in [0.5, 0.6) is 0 Å². The minimum absolute atomic E-state index is 0.172. The Hall–Kier alpha value is -2.08. The van der Waals surface area contributed by atoms with E-state index < -0.39 is 6.04 Å². The maximum atomic E-state index is 13.1. The van der Waals surface area contributed by atoms with Gasteiger partial charge >= 0.3 is 0 Å². The number of aryl methyl sites for hydroxylation is 1. The molecule has 29 heavy (non-hydrogen) atoms. The number of rotatable bonds is 3. The Kier molecular flexibility index (Phi) is 5.56. The molecule has 0 saturated carbocycles. The first-order valence-electron chi connectivity index (χ1n) is 9.74. The van der Waals surface area contributed by atoms with Crippen LogP contribution in [0.4, 0.5) is 11.4 Å². The van der Waals surface area contributed by atoms with E-state index in [-0.39, 0.29) is 23.3 Å². The summed E-state index contributed by atoms with van der Waals surface area (Å²) in [6.45, 7) is 7.36. The highest BCUT2D eigenvalue weighted by atomic mass is 35.5. The third-order valence-corrected chi connectivity index (χ3v) is 6.78. The van der Waals surface area contributed by atoms with Crippen LogP contribution in [0.3, 0.4) is 0 Å². The smallest absolute Gasteiger partial charge is 0.251 e. The molecule has 2 aliphatic rings. The van der Waals surface area contributed by atoms with Gasteiger partial charge in [0.05, 0.1) is 28.2 Å². The standard InChI is InChI=1S/C22H23Cl2N3O2/c1-14-5-3-7-17(15(14)2)25-9-11-26(12-10-25)19-13-20(28)27(22(19)29)18-8-4-6-16(23)21(18)24/h3-8,19H,9-13H2,1-2H3/t19-/m0/s1. The molecule has 2 fully saturated rings. The summed E-state index contributed by atoms with van der Waals surface area (Å²) in [7, 11) is 0. The Bertz CT molecular complexity index is 971. The molecule has 2 saturated heterocycles. The summed E-state index contributed by atoms with van der Waals surface area (Å²) in [5.41, 5.74) is 4.17. The van der Waals surface area contributed by atoms with Crippen LogP contribution in [-0.4, -0.2) is 48.9 Å². The number of piperazine rings is 1. The normalized spacial score (nSPS) is 20.6. The Morgan fingerprint density at radius 2 is 1.55 bits per heavy atom. The van der Waals surface area contributed by atoms with E-state index in [1.54, 1.807) is 18.2 Å². The number of halogens is 2. The molecule has 0 N–H and O–H groups in total. The summed E-state index contributed by atoms with van der Waals surface area (Å²) in [4.78, 5) is 31.4. The minimum Gasteiger partial charge on any atom is -0.369 e. The van der Waals surface area contributed by atoms with Gasteiger partial charge in [0.1, 0.15) is 0 Å². The molecule has 0 aliphatic carbocycles. The van der Waals surface area contributed by atoms with E-state index in [2.05, 4.69) is 41.8 Å². The van der Waals surface area contributed by atoms with Crippen LogP contribution in [-0.2, 0) is 9.59 Å². The maximum Gasteiger partial charge on any atom is 0.251 e. The lowest BCUT2D eigenvalue weighted by atomic mass is 10.1. The van der Waals surface area contributed by atoms with Gasteiger partial charge < -0.3 is 4.90 Å². The summed E-state index contributed by atoms with van der Waals surface area (Å²) in [5.74, 6) is -0.458. The van der Waals surface area contributed by atoms with Gasteiger partial charge in [-0.15, -0.1) is 0 Å². The second kappa shape index (κ2) is 7.98. The maximum absolute atomic E-state index is 13.1. The number of nitrogens with zero attached hydrogens (tertiary/aromatic N) is 3. The van der Waals surface area contributed by atoms with Crippen molar-refractivity contribution in [1.82, 2.24) is 4.90 Å². The molecule has 2 aliphatic heterocycles. The van der Waals surface area contributed by atoms with Crippen molar-refractivity contribution in [3.63, 3.8) is 0 Å². The van der Waals surface area contributed by atoms with Crippen LogP contribution >= 0.6 is 23.2 Å². The van der Waals surface area contributed by atoms with Crippen LogP contribution in [0.25, 0.3) is 0 Å². The fourth-order valence-corrected chi connectivity index (χ4v) is 4.55. The summed E-state index contributed by atoms with van der Waals surface area (Å²) >= 11 is 12.3. The number of benzene rings is 2. The monoisotopic (exact) mass is 431 g/mol. The summed E-state index contributed by atoms with van der Waals surface area (Å²) in [5, 5.41) is 0.562. The molecule has 2 aromatic carbocycles. The molecule has 2 heterocycles. The van der Waals surface area contributed by atoms with Crippen molar-refractivity contribution in [3.8, 4) is 0 Å². The van der Waals surface area contributed by atoms with Crippen LogP contribution < -0.4 is 9.80 Å². The highest BCUT2D eigenvalue weighted by Crippen LogP contribution is 2.36. The molecule has 7 heteroatoms. The van der Waals surface area contributed by atoms with E-state index in [0.29, 0.717) is 10.7 Å². The Balaban J connectivity index is 1.48. The van der Waals surface area contributed by atoms with E-state index >= 15 is 0 Å². The van der Waals surface area contributed by atoms with Crippen molar-refractivity contribution in [2.75, 3.05) is 36.0 Å². The third-order valence-electron chi connectivity index (χ3n) is 5.97. The number of carbonyl (C=O) groups excluding carboxylic acids is 2. The molecule has 0 aromatic heterocycles. The van der Waals surface area contributed by atoms with Crippen LogP contribution in [0.15, 0.2) is 36.4 Å². The Labute approximate surface area is 180 Å². The van der Waals surface area contributed by atoms with Gasteiger partial charge in [0.2, 0.25) is 5.91 Å². The van der Waals surface area contributed by atoms with Gasteiger partial charge in [0, 0.05) is 31.9 Å². The second-order valence-corrected chi connectivity index (χ2v) is 8.39. The molecule has 5 nitrogen and oxygen atoms in total. The van der Waals surface area contributed by atoms with Crippen molar-refractivity contribution in [3.05, 3.63) is 57.6 Å². The fraction of sp³-hybridized carbons (Fsp3) is 0.364. The lowest BCUT2D eigenvalue weighted by molar-refractivity contribution is -0.123. The molecule has 4 rings (SSSR count). The summed E-state index contributed by atoms with van der Waals surface area (Å²) in [6, 6.07) is 10.9.